The van der Waals surface area contributed by atoms with Crippen LogP contribution in [0.3, 0.4) is 0 Å². The third-order valence-corrected chi connectivity index (χ3v) is 3.39. The number of carbonyl (C=O) groups is 2. The Balaban J connectivity index is 2.92. The molecule has 1 heterocycles. The highest BCUT2D eigenvalue weighted by Gasteiger charge is 2.34. The number of carboxylic acid groups (broad SMARTS) is 1. The number of hydrogen-bond acceptors (Lipinski definition) is 3. The first-order valence-corrected chi connectivity index (χ1v) is 6.85. The molecule has 1 aromatic heterocycles. The van der Waals surface area contributed by atoms with E-state index in [0.717, 1.165) is 22.3 Å². The number of aliphatic carboxylic acids is 1. The Bertz CT molecular complexity index is 549. The topological polar surface area (TPSA) is 57.6 Å². The van der Waals surface area contributed by atoms with E-state index in [9.17, 15) is 22.8 Å². The fourth-order valence-corrected chi connectivity index (χ4v) is 2.33. The highest BCUT2D eigenvalue weighted by atomic mass is 32.1. The molecule has 1 aromatic rings. The van der Waals surface area contributed by atoms with Crippen LogP contribution in [-0.4, -0.2) is 40.6 Å². The first kappa shape index (κ1) is 17.2. The van der Waals surface area contributed by atoms with E-state index >= 15 is 0 Å². The molecular weight excluding hydrogens is 307 g/mol. The standard InChI is InChI=1S/C13H14F3NO3S/c1-8(2)17(7-13(14,15)16)12(20)9-5-10(21-6-9)3-4-11(18)19/h3-6,8H,7H2,1-2H3,(H,18,19). The summed E-state index contributed by atoms with van der Waals surface area (Å²) in [4.78, 5) is 23.7. The molecule has 116 valence electrons. The third-order valence-electron chi connectivity index (χ3n) is 2.49. The van der Waals surface area contributed by atoms with Crippen LogP contribution in [0.25, 0.3) is 6.08 Å². The lowest BCUT2D eigenvalue weighted by molar-refractivity contribution is -0.143. The molecule has 1 amide bonds. The van der Waals surface area contributed by atoms with Crippen molar-refractivity contribution in [1.82, 2.24) is 4.90 Å². The van der Waals surface area contributed by atoms with Gasteiger partial charge in [0.05, 0.1) is 5.56 Å². The van der Waals surface area contributed by atoms with Gasteiger partial charge in [-0.3, -0.25) is 4.79 Å². The second-order valence-corrected chi connectivity index (χ2v) is 5.49. The van der Waals surface area contributed by atoms with Crippen LogP contribution in [0.2, 0.25) is 0 Å². The van der Waals surface area contributed by atoms with Crippen molar-refractivity contribution < 1.29 is 27.9 Å². The summed E-state index contributed by atoms with van der Waals surface area (Å²) < 4.78 is 37.5. The smallest absolute Gasteiger partial charge is 0.406 e. The van der Waals surface area contributed by atoms with Gasteiger partial charge in [-0.05, 0) is 26.0 Å². The van der Waals surface area contributed by atoms with Gasteiger partial charge >= 0.3 is 12.1 Å². The predicted octanol–water partition coefficient (Wildman–Crippen LogP) is 3.26. The fraction of sp³-hybridized carbons (Fsp3) is 0.385. The lowest BCUT2D eigenvalue weighted by atomic mass is 10.2. The predicted molar refractivity (Wildman–Crippen MR) is 73.2 cm³/mol. The molecule has 0 unspecified atom stereocenters. The monoisotopic (exact) mass is 321 g/mol. The van der Waals surface area contributed by atoms with Gasteiger partial charge < -0.3 is 10.0 Å². The molecule has 0 aromatic carbocycles. The summed E-state index contributed by atoms with van der Waals surface area (Å²) in [5, 5.41) is 9.91. The summed E-state index contributed by atoms with van der Waals surface area (Å²) in [6.45, 7) is 1.68. The lowest BCUT2D eigenvalue weighted by Crippen LogP contribution is -2.43. The van der Waals surface area contributed by atoms with Gasteiger partial charge in [0.15, 0.2) is 0 Å². The van der Waals surface area contributed by atoms with Crippen LogP contribution >= 0.6 is 11.3 Å². The van der Waals surface area contributed by atoms with Crippen molar-refractivity contribution in [3.63, 3.8) is 0 Å². The maximum Gasteiger partial charge on any atom is 0.406 e. The Morgan fingerprint density at radius 1 is 1.43 bits per heavy atom. The molecule has 1 rings (SSSR count). The first-order chi connectivity index (χ1) is 9.60. The summed E-state index contributed by atoms with van der Waals surface area (Å²) in [6, 6.07) is 0.773. The summed E-state index contributed by atoms with van der Waals surface area (Å²) >= 11 is 1.09. The molecule has 0 atom stereocenters. The zero-order chi connectivity index (χ0) is 16.2. The number of alkyl halides is 3. The zero-order valence-electron chi connectivity index (χ0n) is 11.3. The molecular formula is C13H14F3NO3S. The summed E-state index contributed by atoms with van der Waals surface area (Å²) in [6.07, 6.45) is -2.29. The van der Waals surface area contributed by atoms with Crippen molar-refractivity contribution in [3.05, 3.63) is 28.0 Å². The van der Waals surface area contributed by atoms with Crippen molar-refractivity contribution in [3.8, 4) is 0 Å². The largest absolute Gasteiger partial charge is 0.478 e. The van der Waals surface area contributed by atoms with Crippen LogP contribution in [0, 0.1) is 0 Å². The Labute approximate surface area is 123 Å². The van der Waals surface area contributed by atoms with Crippen molar-refractivity contribution in [1.29, 1.82) is 0 Å². The third kappa shape index (κ3) is 5.58. The average molecular weight is 321 g/mol. The Morgan fingerprint density at radius 2 is 2.05 bits per heavy atom. The van der Waals surface area contributed by atoms with Gasteiger partial charge in [-0.15, -0.1) is 11.3 Å². The number of rotatable bonds is 5. The van der Waals surface area contributed by atoms with E-state index in [1.165, 1.54) is 31.4 Å². The van der Waals surface area contributed by atoms with E-state index in [2.05, 4.69) is 0 Å². The van der Waals surface area contributed by atoms with Gasteiger partial charge in [0.25, 0.3) is 5.91 Å². The molecule has 0 fully saturated rings. The highest BCUT2D eigenvalue weighted by Crippen LogP contribution is 2.22. The average Bonchev–Trinajstić information content (AvgIpc) is 2.80. The molecule has 0 aliphatic carbocycles. The van der Waals surface area contributed by atoms with Gasteiger partial charge in [0, 0.05) is 22.4 Å². The molecule has 0 radical (unpaired) electrons. The van der Waals surface area contributed by atoms with E-state index < -0.39 is 30.6 Å². The Hall–Kier alpha value is -1.83. The minimum atomic E-state index is -4.47. The van der Waals surface area contributed by atoms with Crippen molar-refractivity contribution in [2.75, 3.05) is 6.54 Å². The second-order valence-electron chi connectivity index (χ2n) is 4.55. The number of hydrogen-bond donors (Lipinski definition) is 1. The molecule has 0 saturated carbocycles. The van der Waals surface area contributed by atoms with E-state index in [1.54, 1.807) is 0 Å². The van der Waals surface area contributed by atoms with E-state index in [0.29, 0.717) is 4.88 Å². The van der Waals surface area contributed by atoms with E-state index in [1.807, 2.05) is 0 Å². The fourth-order valence-electron chi connectivity index (χ4n) is 1.55. The minimum Gasteiger partial charge on any atom is -0.478 e. The van der Waals surface area contributed by atoms with Gasteiger partial charge in [-0.25, -0.2) is 4.79 Å². The zero-order valence-corrected chi connectivity index (χ0v) is 12.2. The Morgan fingerprint density at radius 3 is 2.52 bits per heavy atom. The van der Waals surface area contributed by atoms with Crippen LogP contribution in [0.1, 0.15) is 29.1 Å². The van der Waals surface area contributed by atoms with Gasteiger partial charge in [-0.2, -0.15) is 13.2 Å². The van der Waals surface area contributed by atoms with Crippen LogP contribution in [0.15, 0.2) is 17.5 Å². The maximum atomic E-state index is 12.5. The van der Waals surface area contributed by atoms with Crippen molar-refractivity contribution in [2.45, 2.75) is 26.1 Å². The molecule has 1 N–H and O–H groups in total. The molecule has 8 heteroatoms. The summed E-state index contributed by atoms with van der Waals surface area (Å²) in [7, 11) is 0. The van der Waals surface area contributed by atoms with Crippen LogP contribution < -0.4 is 0 Å². The normalized spacial score (nSPS) is 12.1. The van der Waals surface area contributed by atoms with Crippen LogP contribution in [-0.2, 0) is 4.79 Å². The molecule has 0 spiro atoms. The number of thiophene rings is 1. The number of carbonyl (C=O) groups excluding carboxylic acids is 1. The second kappa shape index (κ2) is 6.75. The first-order valence-electron chi connectivity index (χ1n) is 5.97. The number of halogens is 3. The molecule has 4 nitrogen and oxygen atoms in total. The van der Waals surface area contributed by atoms with Crippen LogP contribution in [0.5, 0.6) is 0 Å². The highest BCUT2D eigenvalue weighted by molar-refractivity contribution is 7.11. The minimum absolute atomic E-state index is 0.114. The molecule has 0 aliphatic heterocycles. The number of amides is 1. The molecule has 0 bridgehead atoms. The van der Waals surface area contributed by atoms with Crippen LogP contribution in [0.4, 0.5) is 13.2 Å². The van der Waals surface area contributed by atoms with Gasteiger partial charge in [0.2, 0.25) is 0 Å². The van der Waals surface area contributed by atoms with Crippen molar-refractivity contribution in [2.24, 2.45) is 0 Å². The van der Waals surface area contributed by atoms with Gasteiger partial charge in [-0.1, -0.05) is 0 Å². The lowest BCUT2D eigenvalue weighted by Gasteiger charge is -2.27. The van der Waals surface area contributed by atoms with E-state index in [4.69, 9.17) is 5.11 Å². The summed E-state index contributed by atoms with van der Waals surface area (Å²) in [5.74, 6) is -1.87. The summed E-state index contributed by atoms with van der Waals surface area (Å²) in [5.41, 5.74) is 0.114. The SMILES string of the molecule is CC(C)N(CC(F)(F)F)C(=O)c1csc(C=CC(=O)O)c1. The number of carboxylic acids is 1. The molecule has 0 aliphatic rings. The quantitative estimate of drug-likeness (QED) is 0.847. The van der Waals surface area contributed by atoms with Crippen molar-refractivity contribution >= 4 is 29.3 Å². The van der Waals surface area contributed by atoms with Gasteiger partial charge in [0.1, 0.15) is 6.54 Å². The molecule has 21 heavy (non-hydrogen) atoms. The Kier molecular flexibility index (Phi) is 5.54. The van der Waals surface area contributed by atoms with E-state index in [-0.39, 0.29) is 5.56 Å². The number of nitrogens with zero attached hydrogens (tertiary/aromatic N) is 1. The maximum absolute atomic E-state index is 12.5. The molecule has 0 saturated heterocycles.